The van der Waals surface area contributed by atoms with Gasteiger partial charge in [-0.05, 0) is 75.0 Å². The molecule has 0 aromatic heterocycles. The third kappa shape index (κ3) is 36.3. The molecule has 0 aromatic rings. The lowest BCUT2D eigenvalue weighted by Crippen LogP contribution is -2.26. The minimum atomic E-state index is -4.44. The summed E-state index contributed by atoms with van der Waals surface area (Å²) in [6.07, 6.45) is 25.2. The fourth-order valence-electron chi connectivity index (χ4n) is 6.94. The van der Waals surface area contributed by atoms with E-state index in [1.807, 2.05) is 0 Å². The highest BCUT2D eigenvalue weighted by Gasteiger charge is 2.25. The van der Waals surface area contributed by atoms with E-state index >= 15 is 0 Å². The molecule has 0 aromatic carbocycles. The number of aliphatic hydroxyl groups excluding tert-OH is 2. The van der Waals surface area contributed by atoms with Crippen LogP contribution in [-0.4, -0.2) is 67.0 Å². The topological polar surface area (TPSA) is 115 Å². The average molecular weight is 803 g/mol. The number of phosphoric ester groups is 1. The Balaban J connectivity index is 4.67. The van der Waals surface area contributed by atoms with Crippen molar-refractivity contribution in [3.8, 4) is 0 Å². The van der Waals surface area contributed by atoms with Gasteiger partial charge >= 0.3 is 7.82 Å². The quantitative estimate of drug-likeness (QED) is 0.0321. The first-order chi connectivity index (χ1) is 26.0. The van der Waals surface area contributed by atoms with Crippen molar-refractivity contribution in [3.05, 3.63) is 23.3 Å². The smallest absolute Gasteiger partial charge is 0.394 e. The second kappa shape index (κ2) is 34.3. The number of hydrogen-bond donors (Lipinski definition) is 3. The molecular formula is C46H91O8P. The molecule has 0 fully saturated rings. The summed E-state index contributed by atoms with van der Waals surface area (Å²) in [4.78, 5) is 10.1. The van der Waals surface area contributed by atoms with Crippen molar-refractivity contribution in [1.29, 1.82) is 0 Å². The van der Waals surface area contributed by atoms with Crippen LogP contribution in [-0.2, 0) is 23.1 Å². The summed E-state index contributed by atoms with van der Waals surface area (Å²) in [5, 5.41) is 18.5. The fourth-order valence-corrected chi connectivity index (χ4v) is 7.73. The molecule has 7 atom stereocenters. The predicted octanol–water partition coefficient (Wildman–Crippen LogP) is 12.6. The van der Waals surface area contributed by atoms with E-state index in [0.29, 0.717) is 13.2 Å². The Morgan fingerprint density at radius 3 is 1.36 bits per heavy atom. The third-order valence-electron chi connectivity index (χ3n) is 11.0. The second-order valence-corrected chi connectivity index (χ2v) is 19.7. The summed E-state index contributed by atoms with van der Waals surface area (Å²) >= 11 is 0. The van der Waals surface area contributed by atoms with E-state index in [0.717, 1.165) is 54.8 Å². The maximum Gasteiger partial charge on any atom is 0.472 e. The van der Waals surface area contributed by atoms with Gasteiger partial charge in [0.1, 0.15) is 12.2 Å². The Morgan fingerprint density at radius 2 is 0.945 bits per heavy atom. The van der Waals surface area contributed by atoms with Crippen molar-refractivity contribution >= 4 is 7.82 Å². The first-order valence-electron chi connectivity index (χ1n) is 22.4. The lowest BCUT2D eigenvalue weighted by Gasteiger charge is -2.20. The van der Waals surface area contributed by atoms with Crippen LogP contribution >= 0.6 is 7.82 Å². The van der Waals surface area contributed by atoms with Gasteiger partial charge in [0.25, 0.3) is 0 Å². The average Bonchev–Trinajstić information content (AvgIpc) is 3.10. The zero-order valence-electron chi connectivity index (χ0n) is 37.6. The lowest BCUT2D eigenvalue weighted by atomic mass is 9.91. The largest absolute Gasteiger partial charge is 0.472 e. The number of ether oxygens (including phenoxy) is 2. The molecule has 9 heteroatoms. The summed E-state index contributed by atoms with van der Waals surface area (Å²) in [5.41, 5.74) is 2.56. The van der Waals surface area contributed by atoms with Crippen molar-refractivity contribution in [2.75, 3.05) is 39.6 Å². The Kier molecular flexibility index (Phi) is 34.0. The molecule has 0 rings (SSSR count). The Labute approximate surface area is 340 Å². The third-order valence-corrected chi connectivity index (χ3v) is 11.9. The number of hydrogen-bond acceptors (Lipinski definition) is 7. The monoisotopic (exact) mass is 803 g/mol. The van der Waals surface area contributed by atoms with Crippen molar-refractivity contribution in [2.45, 2.75) is 197 Å². The molecule has 0 heterocycles. The molecule has 0 aliphatic heterocycles. The summed E-state index contributed by atoms with van der Waals surface area (Å²) in [7, 11) is -4.44. The van der Waals surface area contributed by atoms with Crippen LogP contribution < -0.4 is 0 Å². The van der Waals surface area contributed by atoms with Crippen molar-refractivity contribution < 1.29 is 38.2 Å². The molecule has 0 radical (unpaired) electrons. The molecule has 55 heavy (non-hydrogen) atoms. The van der Waals surface area contributed by atoms with Gasteiger partial charge in [0, 0.05) is 0 Å². The van der Waals surface area contributed by atoms with Crippen LogP contribution in [0.3, 0.4) is 0 Å². The lowest BCUT2D eigenvalue weighted by molar-refractivity contribution is -0.0314. The van der Waals surface area contributed by atoms with Gasteiger partial charge in [-0.25, -0.2) is 4.57 Å². The molecule has 0 bridgehead atoms. The van der Waals surface area contributed by atoms with E-state index in [-0.39, 0.29) is 13.2 Å². The summed E-state index contributed by atoms with van der Waals surface area (Å²) in [5.74, 6) is 4.76. The number of rotatable bonds is 38. The SMILES string of the molecule is C/C(=C\COC[C@H](COP(=O)(O)OC[C@H](O)CO)OC/C=C(\C)CCC[C@H](C)CCC[C@H](C)CCCC(C)C)CCC[C@H](C)CCC[C@H](C)CCCC(C)C. The highest BCUT2D eigenvalue weighted by molar-refractivity contribution is 7.47. The highest BCUT2D eigenvalue weighted by Crippen LogP contribution is 2.43. The van der Waals surface area contributed by atoms with Crippen LogP contribution in [0.5, 0.6) is 0 Å². The minimum absolute atomic E-state index is 0.191. The maximum absolute atomic E-state index is 12.4. The van der Waals surface area contributed by atoms with E-state index in [1.165, 1.54) is 107 Å². The van der Waals surface area contributed by atoms with Crippen LogP contribution in [0.25, 0.3) is 0 Å². The molecular weight excluding hydrogens is 711 g/mol. The van der Waals surface area contributed by atoms with Gasteiger partial charge < -0.3 is 24.6 Å². The molecule has 3 N–H and O–H groups in total. The molecule has 0 aliphatic carbocycles. The maximum atomic E-state index is 12.4. The van der Waals surface area contributed by atoms with Crippen LogP contribution in [0.1, 0.15) is 185 Å². The molecule has 328 valence electrons. The van der Waals surface area contributed by atoms with E-state index in [1.54, 1.807) is 0 Å². The van der Waals surface area contributed by atoms with Gasteiger partial charge in [0.15, 0.2) is 0 Å². The van der Waals surface area contributed by atoms with Crippen LogP contribution in [0, 0.1) is 35.5 Å². The summed E-state index contributed by atoms with van der Waals surface area (Å²) in [6.45, 7) is 22.8. The molecule has 1 unspecified atom stereocenters. The number of phosphoric acid groups is 1. The minimum Gasteiger partial charge on any atom is -0.394 e. The Bertz CT molecular complexity index is 998. The Hall–Kier alpha value is -0.570. The molecule has 0 amide bonds. The van der Waals surface area contributed by atoms with E-state index in [9.17, 15) is 14.6 Å². The van der Waals surface area contributed by atoms with Crippen LogP contribution in [0.2, 0.25) is 0 Å². The van der Waals surface area contributed by atoms with Gasteiger partial charge in [-0.1, -0.05) is 169 Å². The zero-order chi connectivity index (χ0) is 41.5. The van der Waals surface area contributed by atoms with Crippen LogP contribution in [0.15, 0.2) is 23.3 Å². The van der Waals surface area contributed by atoms with Crippen LogP contribution in [0.4, 0.5) is 0 Å². The van der Waals surface area contributed by atoms with E-state index in [4.69, 9.17) is 23.6 Å². The predicted molar refractivity (Wildman–Crippen MR) is 232 cm³/mol. The van der Waals surface area contributed by atoms with Gasteiger partial charge in [0.05, 0.1) is 39.6 Å². The summed E-state index contributed by atoms with van der Waals surface area (Å²) < 4.78 is 34.4. The molecule has 0 spiro atoms. The van der Waals surface area contributed by atoms with Gasteiger partial charge in [-0.2, -0.15) is 0 Å². The highest BCUT2D eigenvalue weighted by atomic mass is 31.2. The fraction of sp³-hybridized carbons (Fsp3) is 0.913. The van der Waals surface area contributed by atoms with E-state index in [2.05, 4.69) is 81.4 Å². The molecule has 0 saturated heterocycles. The normalized spacial score (nSPS) is 17.4. The first kappa shape index (κ1) is 54.4. The van der Waals surface area contributed by atoms with Crippen molar-refractivity contribution in [2.24, 2.45) is 35.5 Å². The molecule has 8 nitrogen and oxygen atoms in total. The van der Waals surface area contributed by atoms with Gasteiger partial charge in [-0.3, -0.25) is 9.05 Å². The summed E-state index contributed by atoms with van der Waals surface area (Å²) in [6, 6.07) is 0. The molecule has 0 saturated carbocycles. The standard InChI is InChI=1S/C46H91O8P/c1-37(2)17-11-19-39(5)21-13-23-41(7)25-15-27-43(9)29-31-51-35-46(36-54-55(49,50)53-34-45(48)33-47)52-32-30-44(10)28-16-26-42(8)24-14-22-40(6)20-12-18-38(3)4/h29-30,37-42,45-48H,11-28,31-36H2,1-10H3,(H,49,50)/b43-29+,44-30+/t39-,40-,41-,42-,45-,46-/m1/s1. The number of allylic oxidation sites excluding steroid dienone is 2. The van der Waals surface area contributed by atoms with Crippen molar-refractivity contribution in [3.63, 3.8) is 0 Å². The van der Waals surface area contributed by atoms with E-state index < -0.39 is 33.2 Å². The van der Waals surface area contributed by atoms with Gasteiger partial charge in [-0.15, -0.1) is 0 Å². The van der Waals surface area contributed by atoms with Gasteiger partial charge in [0.2, 0.25) is 0 Å². The second-order valence-electron chi connectivity index (χ2n) is 18.2. The van der Waals surface area contributed by atoms with Crippen molar-refractivity contribution in [1.82, 2.24) is 0 Å². The first-order valence-corrected chi connectivity index (χ1v) is 23.9. The number of aliphatic hydroxyl groups is 2. The Morgan fingerprint density at radius 1 is 0.564 bits per heavy atom. The zero-order valence-corrected chi connectivity index (χ0v) is 38.5. The molecule has 0 aliphatic rings.